The summed E-state index contributed by atoms with van der Waals surface area (Å²) in [7, 11) is 2.68. The van der Waals surface area contributed by atoms with Gasteiger partial charge in [0, 0.05) is 41.6 Å². The highest BCUT2D eigenvalue weighted by molar-refractivity contribution is 8.77. The minimum Gasteiger partial charge on any atom is -0.480 e. The van der Waals surface area contributed by atoms with Crippen molar-refractivity contribution in [3.8, 4) is 0 Å². The van der Waals surface area contributed by atoms with Crippen LogP contribution in [0.25, 0.3) is 0 Å². The molecule has 0 aromatic heterocycles. The first kappa shape index (κ1) is 23.8. The lowest BCUT2D eigenvalue weighted by Gasteiger charge is -2.38. The number of rotatable bonds is 10. The Balaban J connectivity index is 1.77. The number of halogens is 1. The number of ketones is 1. The summed E-state index contributed by atoms with van der Waals surface area (Å²) < 4.78 is 14.6. The number of nitrogens with two attached hydrogens (primary N) is 1. The van der Waals surface area contributed by atoms with Crippen LogP contribution in [0.4, 0.5) is 4.39 Å². The van der Waals surface area contributed by atoms with Gasteiger partial charge in [-0.15, -0.1) is 0 Å². The predicted molar refractivity (Wildman–Crippen MR) is 118 cm³/mol. The summed E-state index contributed by atoms with van der Waals surface area (Å²) in [4.78, 5) is 37.2. The van der Waals surface area contributed by atoms with Crippen molar-refractivity contribution >= 4 is 39.3 Å². The minimum absolute atomic E-state index is 0.0207. The van der Waals surface area contributed by atoms with Gasteiger partial charge in [0.05, 0.1) is 6.04 Å². The van der Waals surface area contributed by atoms with E-state index >= 15 is 0 Å². The molecule has 4 N–H and O–H groups in total. The van der Waals surface area contributed by atoms with E-state index in [0.717, 1.165) is 18.9 Å². The number of aliphatic carboxylic acids is 2. The zero-order valence-corrected chi connectivity index (χ0v) is 18.4. The molecule has 2 unspecified atom stereocenters. The second kappa shape index (κ2) is 10.6. The molecule has 2 aliphatic rings. The van der Waals surface area contributed by atoms with Gasteiger partial charge >= 0.3 is 11.9 Å². The van der Waals surface area contributed by atoms with Crippen LogP contribution in [0, 0.1) is 11.7 Å². The van der Waals surface area contributed by atoms with Crippen LogP contribution in [0.2, 0.25) is 0 Å². The standard InChI is InChI=1S/C21H25FN2O5S2/c22-15-4-2-1-3-14(15)19(20(27)12-5-6-12)24-8-7-17(13(10-24)9-18(25)26)31-30-11-16(23)21(28)29/h1-4,9,12,16-17,19H,5-8,10-11,23H2,(H,25,26)(H,28,29)/b13-9-/t16-,17?,19?/m0/s1/i1+1,2+1,3+1,4+1,14+1,15+1. The molecule has 3 rings (SSSR count). The van der Waals surface area contributed by atoms with Crippen LogP contribution >= 0.6 is 21.6 Å². The third kappa shape index (κ3) is 6.31. The number of likely N-dealkylation sites (tertiary alicyclic amines) is 1. The van der Waals surface area contributed by atoms with Crippen molar-refractivity contribution < 1.29 is 29.0 Å². The van der Waals surface area contributed by atoms with Crippen LogP contribution in [0.1, 0.15) is 30.9 Å². The van der Waals surface area contributed by atoms with Crippen LogP contribution in [0.15, 0.2) is 35.9 Å². The smallest absolute Gasteiger partial charge is 0.328 e. The van der Waals surface area contributed by atoms with E-state index < -0.39 is 29.8 Å². The molecule has 10 heteroatoms. The van der Waals surface area contributed by atoms with Crippen molar-refractivity contribution in [3.63, 3.8) is 0 Å². The number of piperidine rings is 1. The van der Waals surface area contributed by atoms with E-state index in [1.54, 1.807) is 18.2 Å². The quantitative estimate of drug-likeness (QED) is 0.347. The summed E-state index contributed by atoms with van der Waals surface area (Å²) >= 11 is 0. The molecule has 1 aromatic carbocycles. The maximum atomic E-state index is 14.6. The molecule has 0 bridgehead atoms. The number of carbonyl (C=O) groups excluding carboxylic acids is 1. The average molecular weight is 475 g/mol. The fourth-order valence-corrected chi connectivity index (χ4v) is 6.42. The van der Waals surface area contributed by atoms with Gasteiger partial charge in [0.1, 0.15) is 11.9 Å². The molecule has 0 amide bonds. The highest BCUT2D eigenvalue weighted by Gasteiger charge is 2.41. The minimum atomic E-state index is -1.09. The Hall–Kier alpha value is -1.88. The number of nitrogens with zero attached hydrogens (tertiary/aromatic N) is 1. The highest BCUT2D eigenvalue weighted by atomic mass is 33.1. The second-order valence-electron chi connectivity index (χ2n) is 7.73. The molecule has 0 radical (unpaired) electrons. The summed E-state index contributed by atoms with van der Waals surface area (Å²) in [6, 6.07) is 4.49. The fourth-order valence-electron chi connectivity index (χ4n) is 3.60. The number of benzene rings is 1. The number of carbonyl (C=O) groups is 3. The largest absolute Gasteiger partial charge is 0.480 e. The summed E-state index contributed by atoms with van der Waals surface area (Å²) in [5.74, 6) is -2.52. The maximum Gasteiger partial charge on any atom is 0.328 e. The first-order chi connectivity index (χ1) is 14.8. The second-order valence-corrected chi connectivity index (χ2v) is 10.3. The number of carboxylic acids is 2. The molecule has 1 heterocycles. The zero-order chi connectivity index (χ0) is 22.5. The average Bonchev–Trinajstić information content (AvgIpc) is 3.55. The molecule has 1 saturated carbocycles. The molecule has 31 heavy (non-hydrogen) atoms. The first-order valence-corrected chi connectivity index (χ1v) is 12.4. The predicted octanol–water partition coefficient (Wildman–Crippen LogP) is 2.72. The van der Waals surface area contributed by atoms with Gasteiger partial charge in [0.25, 0.3) is 0 Å². The first-order valence-electron chi connectivity index (χ1n) is 10.00. The molecule has 1 aliphatic carbocycles. The Labute approximate surface area is 187 Å². The van der Waals surface area contributed by atoms with E-state index in [1.807, 2.05) is 4.90 Å². The van der Waals surface area contributed by atoms with Gasteiger partial charge in [-0.05, 0) is 30.9 Å². The molecular formula is C21H25FN2O5S2. The summed E-state index contributed by atoms with van der Waals surface area (Å²) in [6.07, 6.45) is 3.30. The van der Waals surface area contributed by atoms with Crippen LogP contribution in [0.3, 0.4) is 0 Å². The molecule has 1 saturated heterocycles. The van der Waals surface area contributed by atoms with Crippen molar-refractivity contribution in [1.82, 2.24) is 4.90 Å². The number of hydrogen-bond acceptors (Lipinski definition) is 7. The van der Waals surface area contributed by atoms with E-state index in [2.05, 4.69) is 0 Å². The highest BCUT2D eigenvalue weighted by Crippen LogP contribution is 2.42. The van der Waals surface area contributed by atoms with Crippen molar-refractivity contribution in [3.05, 3.63) is 47.3 Å². The molecule has 2 fully saturated rings. The zero-order valence-electron chi connectivity index (χ0n) is 16.8. The third-order valence-electron chi connectivity index (χ3n) is 5.35. The van der Waals surface area contributed by atoms with Gasteiger partial charge in [0.15, 0.2) is 5.78 Å². The summed E-state index contributed by atoms with van der Waals surface area (Å²) in [5, 5.41) is 18.1. The molecule has 168 valence electrons. The van der Waals surface area contributed by atoms with Gasteiger partial charge in [-0.2, -0.15) is 0 Å². The Morgan fingerprint density at radius 1 is 1.23 bits per heavy atom. The van der Waals surface area contributed by atoms with Gasteiger partial charge in [0.2, 0.25) is 0 Å². The van der Waals surface area contributed by atoms with Gasteiger partial charge in [-0.3, -0.25) is 14.5 Å². The molecule has 3 atom stereocenters. The number of hydrogen-bond donors (Lipinski definition) is 3. The lowest BCUT2D eigenvalue weighted by molar-refractivity contribution is -0.138. The molecule has 7 nitrogen and oxygen atoms in total. The van der Waals surface area contributed by atoms with Gasteiger partial charge in [-0.25, -0.2) is 9.18 Å². The van der Waals surface area contributed by atoms with Crippen LogP contribution < -0.4 is 5.73 Å². The van der Waals surface area contributed by atoms with Crippen molar-refractivity contribution in [2.75, 3.05) is 18.8 Å². The topological polar surface area (TPSA) is 121 Å². The fraction of sp³-hybridized carbons (Fsp3) is 0.476. The Kier molecular flexibility index (Phi) is 8.15. The monoisotopic (exact) mass is 474 g/mol. The van der Waals surface area contributed by atoms with E-state index in [-0.39, 0.29) is 29.2 Å². The molecule has 1 aliphatic heterocycles. The Bertz CT molecular complexity index is 877. The number of carboxylic acid groups (broad SMARTS) is 2. The number of Topliss-reactive ketones (excluding diaryl/α,β-unsaturated/α-hetero) is 1. The Morgan fingerprint density at radius 2 is 1.94 bits per heavy atom. The normalized spacial score (nSPS) is 22.8. The van der Waals surface area contributed by atoms with E-state index in [0.29, 0.717) is 24.1 Å². The summed E-state index contributed by atoms with van der Waals surface area (Å²) in [5.41, 5.74) is 6.47. The SMILES string of the molecule is N[C@@H](CSSC1CCN(C(C(=O)C2CC2)[13c]2[13cH][13cH][13cH][13cH][13c]2F)C/C1=C/C(=O)O)C(=O)O. The van der Waals surface area contributed by atoms with Crippen molar-refractivity contribution in [2.45, 2.75) is 36.6 Å². The Morgan fingerprint density at radius 3 is 2.55 bits per heavy atom. The molecule has 1 aromatic rings. The third-order valence-corrected chi connectivity index (χ3v) is 8.27. The van der Waals surface area contributed by atoms with E-state index in [4.69, 9.17) is 10.8 Å². The lowest BCUT2D eigenvalue weighted by Crippen LogP contribution is -2.43. The van der Waals surface area contributed by atoms with E-state index in [1.165, 1.54) is 27.7 Å². The van der Waals surface area contributed by atoms with Gasteiger partial charge in [-0.1, -0.05) is 39.8 Å². The van der Waals surface area contributed by atoms with Crippen molar-refractivity contribution in [1.29, 1.82) is 0 Å². The lowest BCUT2D eigenvalue weighted by atomic mass is 10.0. The molecular weight excluding hydrogens is 449 g/mol. The van der Waals surface area contributed by atoms with Gasteiger partial charge < -0.3 is 15.9 Å². The van der Waals surface area contributed by atoms with Crippen LogP contribution in [-0.4, -0.2) is 63.0 Å². The maximum absolute atomic E-state index is 14.6. The van der Waals surface area contributed by atoms with E-state index in [9.17, 15) is 23.9 Å². The van der Waals surface area contributed by atoms with Crippen LogP contribution in [-0.2, 0) is 14.4 Å². The van der Waals surface area contributed by atoms with Crippen LogP contribution in [0.5, 0.6) is 0 Å². The molecule has 0 spiro atoms. The summed E-state index contributed by atoms with van der Waals surface area (Å²) in [6.45, 7) is 0.727. The van der Waals surface area contributed by atoms with Crippen molar-refractivity contribution in [2.24, 2.45) is 11.7 Å².